The number of ether oxygens (including phenoxy) is 1. The highest BCUT2D eigenvalue weighted by atomic mass is 16.5. The first-order chi connectivity index (χ1) is 10.6. The number of urea groups is 1. The lowest BCUT2D eigenvalue weighted by molar-refractivity contribution is -0.118. The molecule has 0 aliphatic heterocycles. The second-order valence-electron chi connectivity index (χ2n) is 4.89. The Balaban J connectivity index is 2.44. The summed E-state index contributed by atoms with van der Waals surface area (Å²) in [6, 6.07) is 6.62. The Morgan fingerprint density at radius 2 is 1.95 bits per heavy atom. The molecule has 122 valence electrons. The van der Waals surface area contributed by atoms with Gasteiger partial charge >= 0.3 is 6.03 Å². The molecule has 1 aromatic carbocycles. The Morgan fingerprint density at radius 3 is 2.50 bits per heavy atom. The number of methoxy groups -OCH3 is 1. The van der Waals surface area contributed by atoms with Crippen molar-refractivity contribution in [3.63, 3.8) is 0 Å². The van der Waals surface area contributed by atoms with E-state index in [4.69, 9.17) is 10.5 Å². The van der Waals surface area contributed by atoms with E-state index in [-0.39, 0.29) is 11.9 Å². The second-order valence-corrected chi connectivity index (χ2v) is 4.89. The maximum atomic E-state index is 12.2. The third-order valence-electron chi connectivity index (χ3n) is 3.17. The molecule has 0 bridgehead atoms. The van der Waals surface area contributed by atoms with Crippen LogP contribution in [0.1, 0.15) is 18.4 Å². The van der Waals surface area contributed by atoms with Crippen LogP contribution < -0.4 is 21.7 Å². The Bertz CT molecular complexity index is 476. The van der Waals surface area contributed by atoms with Crippen molar-refractivity contribution in [3.05, 3.63) is 29.8 Å². The number of rotatable bonds is 9. The van der Waals surface area contributed by atoms with Crippen LogP contribution in [0.3, 0.4) is 0 Å². The molecule has 0 saturated heterocycles. The summed E-state index contributed by atoms with van der Waals surface area (Å²) in [5.41, 5.74) is 6.76. The minimum Gasteiger partial charge on any atom is -0.380 e. The number of amides is 3. The third-order valence-corrected chi connectivity index (χ3v) is 3.17. The number of nitrogens with one attached hydrogen (secondary N) is 3. The first-order valence-electron chi connectivity index (χ1n) is 7.16. The van der Waals surface area contributed by atoms with Crippen molar-refractivity contribution in [2.24, 2.45) is 5.73 Å². The minimum absolute atomic E-state index is 0.110. The predicted octanol–water partition coefficient (Wildman–Crippen LogP) is 0.808. The van der Waals surface area contributed by atoms with Gasteiger partial charge in [0.15, 0.2) is 0 Å². The van der Waals surface area contributed by atoms with E-state index in [0.29, 0.717) is 26.0 Å². The van der Waals surface area contributed by atoms with E-state index < -0.39 is 6.03 Å². The molecule has 22 heavy (non-hydrogen) atoms. The molecule has 0 aliphatic carbocycles. The van der Waals surface area contributed by atoms with Crippen LogP contribution in [0.5, 0.6) is 0 Å². The molecule has 0 unspecified atom stereocenters. The fraction of sp³-hybridized carbons (Fsp3) is 0.467. The topological polar surface area (TPSA) is 105 Å². The van der Waals surface area contributed by atoms with Crippen LogP contribution in [0.2, 0.25) is 0 Å². The van der Waals surface area contributed by atoms with Crippen LogP contribution in [0.25, 0.3) is 0 Å². The number of hydrogen-bond acceptors (Lipinski definition) is 4. The molecule has 1 rings (SSSR count). The average Bonchev–Trinajstić information content (AvgIpc) is 2.49. The molecule has 0 radical (unpaired) electrons. The van der Waals surface area contributed by atoms with Crippen LogP contribution in [0.4, 0.5) is 10.5 Å². The summed E-state index contributed by atoms with van der Waals surface area (Å²) in [6.07, 6.45) is 1.26. The zero-order valence-electron chi connectivity index (χ0n) is 13.0. The van der Waals surface area contributed by atoms with E-state index in [1.165, 1.54) is 0 Å². The lowest BCUT2D eigenvalue weighted by Crippen LogP contribution is -2.39. The van der Waals surface area contributed by atoms with Gasteiger partial charge in [0.05, 0.1) is 12.6 Å². The highest BCUT2D eigenvalue weighted by Gasteiger charge is 2.16. The normalized spacial score (nSPS) is 11.7. The van der Waals surface area contributed by atoms with Crippen molar-refractivity contribution in [1.29, 1.82) is 0 Å². The lowest BCUT2D eigenvalue weighted by Gasteiger charge is -2.16. The smallest absolute Gasteiger partial charge is 0.312 e. The number of nitrogens with two attached hydrogens (primary N) is 1. The van der Waals surface area contributed by atoms with Crippen LogP contribution in [0, 0.1) is 0 Å². The van der Waals surface area contributed by atoms with Gasteiger partial charge in [0.2, 0.25) is 5.91 Å². The Kier molecular flexibility index (Phi) is 7.95. The van der Waals surface area contributed by atoms with Crippen molar-refractivity contribution in [2.75, 3.05) is 26.0 Å². The number of likely N-dealkylation sites (N-methyl/N-ethyl adjacent to an activating group) is 1. The summed E-state index contributed by atoms with van der Waals surface area (Å²) < 4.78 is 5.04. The maximum Gasteiger partial charge on any atom is 0.312 e. The molecular formula is C15H24N4O3. The number of carbonyl (C=O) groups excluding carboxylic acids is 2. The fourth-order valence-corrected chi connectivity index (χ4v) is 2.00. The van der Waals surface area contributed by atoms with Crippen molar-refractivity contribution in [2.45, 2.75) is 25.5 Å². The molecule has 0 saturated carbocycles. The molecule has 7 nitrogen and oxygen atoms in total. The third kappa shape index (κ3) is 6.55. The Morgan fingerprint density at radius 1 is 1.27 bits per heavy atom. The van der Waals surface area contributed by atoms with Gasteiger partial charge in [0, 0.05) is 19.3 Å². The number of carbonyl (C=O) groups is 2. The quantitative estimate of drug-likeness (QED) is 0.506. The van der Waals surface area contributed by atoms with Crippen molar-refractivity contribution < 1.29 is 14.3 Å². The summed E-state index contributed by atoms with van der Waals surface area (Å²) in [6.45, 7) is 0.993. The van der Waals surface area contributed by atoms with Crippen molar-refractivity contribution in [1.82, 2.24) is 10.6 Å². The van der Waals surface area contributed by atoms with Crippen molar-refractivity contribution in [3.8, 4) is 0 Å². The number of anilines is 1. The van der Waals surface area contributed by atoms with Gasteiger partial charge in [-0.3, -0.25) is 4.79 Å². The van der Waals surface area contributed by atoms with Gasteiger partial charge in [-0.1, -0.05) is 12.1 Å². The van der Waals surface area contributed by atoms with Gasteiger partial charge in [-0.15, -0.1) is 0 Å². The molecule has 0 aromatic heterocycles. The molecule has 0 aliphatic rings. The van der Waals surface area contributed by atoms with Gasteiger partial charge in [-0.05, 0) is 37.6 Å². The number of benzene rings is 1. The Hall–Kier alpha value is -2.12. The van der Waals surface area contributed by atoms with Crippen LogP contribution in [-0.2, 0) is 16.1 Å². The standard InChI is InChI=1S/C15H24N4O3/c1-17-13(4-3-9-18-15(16)21)14(20)19-12-7-5-11(6-8-12)10-22-2/h5-8,13,17H,3-4,9-10H2,1-2H3,(H,19,20)(H3,16,18,21)/t13-/m0/s1. The molecule has 1 aromatic rings. The average molecular weight is 308 g/mol. The predicted molar refractivity (Wildman–Crippen MR) is 85.5 cm³/mol. The van der Waals surface area contributed by atoms with Gasteiger partial charge in [-0.25, -0.2) is 4.79 Å². The first kappa shape index (κ1) is 17.9. The SMILES string of the molecule is CN[C@@H](CCCNC(N)=O)C(=O)Nc1ccc(COC)cc1. The second kappa shape index (κ2) is 9.75. The van der Waals surface area contributed by atoms with Gasteiger partial charge in [-0.2, -0.15) is 0 Å². The molecule has 3 amide bonds. The summed E-state index contributed by atoms with van der Waals surface area (Å²) in [7, 11) is 3.37. The van der Waals surface area contributed by atoms with Crippen LogP contribution in [0.15, 0.2) is 24.3 Å². The molecule has 0 fully saturated rings. The van der Waals surface area contributed by atoms with Crippen molar-refractivity contribution >= 4 is 17.6 Å². The van der Waals surface area contributed by atoms with Crippen LogP contribution in [-0.4, -0.2) is 38.7 Å². The number of hydrogen-bond donors (Lipinski definition) is 4. The fourth-order valence-electron chi connectivity index (χ4n) is 2.00. The molecule has 7 heteroatoms. The Labute approximate surface area is 130 Å². The monoisotopic (exact) mass is 308 g/mol. The molecule has 0 heterocycles. The van der Waals surface area contributed by atoms with Crippen LogP contribution >= 0.6 is 0 Å². The van der Waals surface area contributed by atoms with E-state index in [1.807, 2.05) is 24.3 Å². The molecular weight excluding hydrogens is 284 g/mol. The first-order valence-corrected chi connectivity index (χ1v) is 7.16. The lowest BCUT2D eigenvalue weighted by atomic mass is 10.1. The highest BCUT2D eigenvalue weighted by molar-refractivity contribution is 5.94. The summed E-state index contributed by atoms with van der Waals surface area (Å²) in [5, 5.41) is 8.32. The van der Waals surface area contributed by atoms with E-state index >= 15 is 0 Å². The highest BCUT2D eigenvalue weighted by Crippen LogP contribution is 2.11. The van der Waals surface area contributed by atoms with E-state index in [0.717, 1.165) is 11.3 Å². The van der Waals surface area contributed by atoms with E-state index in [2.05, 4.69) is 16.0 Å². The molecule has 5 N–H and O–H groups in total. The molecule has 1 atom stereocenters. The largest absolute Gasteiger partial charge is 0.380 e. The zero-order valence-corrected chi connectivity index (χ0v) is 13.0. The van der Waals surface area contributed by atoms with E-state index in [9.17, 15) is 9.59 Å². The summed E-state index contributed by atoms with van der Waals surface area (Å²) in [4.78, 5) is 22.7. The van der Waals surface area contributed by atoms with Gasteiger partial charge in [0.25, 0.3) is 0 Å². The maximum absolute atomic E-state index is 12.2. The van der Waals surface area contributed by atoms with E-state index in [1.54, 1.807) is 14.2 Å². The zero-order chi connectivity index (χ0) is 16.4. The molecule has 0 spiro atoms. The summed E-state index contributed by atoms with van der Waals surface area (Å²) >= 11 is 0. The number of primary amides is 1. The summed E-state index contributed by atoms with van der Waals surface area (Å²) in [5.74, 6) is -0.110. The van der Waals surface area contributed by atoms with Gasteiger partial charge in [0.1, 0.15) is 0 Å². The minimum atomic E-state index is -0.554. The van der Waals surface area contributed by atoms with Gasteiger partial charge < -0.3 is 26.4 Å².